The molecule has 3 rings (SSSR count). The Labute approximate surface area is 160 Å². The molecule has 132 valence electrons. The van der Waals surface area contributed by atoms with Crippen LogP contribution in [0.3, 0.4) is 0 Å². The molecular formula is C21H17BrO4. The Balaban J connectivity index is 1.64. The Morgan fingerprint density at radius 1 is 0.846 bits per heavy atom. The standard InChI is InChI=1S/C21H17BrO4/c1-24-19-9-5-6-10-20(19)25-14-21(23)26-18-12-11-16(13-17(18)22)15-7-3-2-4-8-15/h2-13H,14H2,1H3. The largest absolute Gasteiger partial charge is 0.493 e. The zero-order valence-electron chi connectivity index (χ0n) is 14.1. The van der Waals surface area contributed by atoms with Crippen LogP contribution < -0.4 is 14.2 Å². The van der Waals surface area contributed by atoms with E-state index in [1.54, 1.807) is 25.3 Å². The molecule has 0 heterocycles. The summed E-state index contributed by atoms with van der Waals surface area (Å²) in [6, 6.07) is 22.7. The number of carbonyl (C=O) groups is 1. The molecule has 0 unspecified atom stereocenters. The molecule has 0 fully saturated rings. The fraction of sp³-hybridized carbons (Fsp3) is 0.0952. The molecule has 0 aliphatic heterocycles. The van der Waals surface area contributed by atoms with E-state index in [9.17, 15) is 4.79 Å². The Kier molecular flexibility index (Phi) is 5.92. The van der Waals surface area contributed by atoms with Gasteiger partial charge < -0.3 is 14.2 Å². The van der Waals surface area contributed by atoms with Gasteiger partial charge in [-0.2, -0.15) is 0 Å². The minimum absolute atomic E-state index is 0.215. The molecule has 0 N–H and O–H groups in total. The SMILES string of the molecule is COc1ccccc1OCC(=O)Oc1ccc(-c2ccccc2)cc1Br. The van der Waals surface area contributed by atoms with Crippen LogP contribution >= 0.6 is 15.9 Å². The average Bonchev–Trinajstić information content (AvgIpc) is 2.69. The zero-order valence-corrected chi connectivity index (χ0v) is 15.7. The molecule has 3 aromatic carbocycles. The first-order valence-corrected chi connectivity index (χ1v) is 8.78. The number of para-hydroxylation sites is 2. The van der Waals surface area contributed by atoms with Crippen molar-refractivity contribution in [2.75, 3.05) is 13.7 Å². The molecule has 0 aliphatic rings. The fourth-order valence-corrected chi connectivity index (χ4v) is 2.88. The van der Waals surface area contributed by atoms with Crippen LogP contribution in [0.15, 0.2) is 77.3 Å². The summed E-state index contributed by atoms with van der Waals surface area (Å²) in [7, 11) is 1.55. The third-order valence-corrected chi connectivity index (χ3v) is 4.30. The average molecular weight is 413 g/mol. The number of rotatable bonds is 6. The lowest BCUT2D eigenvalue weighted by Gasteiger charge is -2.11. The number of esters is 1. The van der Waals surface area contributed by atoms with E-state index in [4.69, 9.17) is 14.2 Å². The molecule has 5 heteroatoms. The van der Waals surface area contributed by atoms with E-state index in [-0.39, 0.29) is 6.61 Å². The van der Waals surface area contributed by atoms with Gasteiger partial charge in [0.05, 0.1) is 11.6 Å². The van der Waals surface area contributed by atoms with Crippen LogP contribution in [0.1, 0.15) is 0 Å². The van der Waals surface area contributed by atoms with Crippen molar-refractivity contribution in [2.45, 2.75) is 0 Å². The maximum absolute atomic E-state index is 12.1. The van der Waals surface area contributed by atoms with Crippen molar-refractivity contribution in [3.63, 3.8) is 0 Å². The summed E-state index contributed by atoms with van der Waals surface area (Å²) < 4.78 is 16.7. The third kappa shape index (κ3) is 4.43. The molecule has 0 atom stereocenters. The van der Waals surface area contributed by atoms with Gasteiger partial charge in [-0.25, -0.2) is 4.79 Å². The predicted octanol–water partition coefficient (Wildman–Crippen LogP) is 5.11. The maximum atomic E-state index is 12.1. The first-order chi connectivity index (χ1) is 12.7. The smallest absolute Gasteiger partial charge is 0.349 e. The highest BCUT2D eigenvalue weighted by Crippen LogP contribution is 2.31. The van der Waals surface area contributed by atoms with Crippen LogP contribution in [-0.2, 0) is 4.79 Å². The predicted molar refractivity (Wildman–Crippen MR) is 104 cm³/mol. The number of benzene rings is 3. The monoisotopic (exact) mass is 412 g/mol. The lowest BCUT2D eigenvalue weighted by Crippen LogP contribution is -2.18. The van der Waals surface area contributed by atoms with Crippen LogP contribution in [0.5, 0.6) is 17.2 Å². The van der Waals surface area contributed by atoms with Crippen molar-refractivity contribution in [1.29, 1.82) is 0 Å². The van der Waals surface area contributed by atoms with Crippen LogP contribution in [0.25, 0.3) is 11.1 Å². The Morgan fingerprint density at radius 2 is 1.54 bits per heavy atom. The van der Waals surface area contributed by atoms with Gasteiger partial charge in [0.15, 0.2) is 18.1 Å². The van der Waals surface area contributed by atoms with Crippen LogP contribution in [-0.4, -0.2) is 19.7 Å². The van der Waals surface area contributed by atoms with Gasteiger partial charge in [-0.3, -0.25) is 0 Å². The van der Waals surface area contributed by atoms with Crippen molar-refractivity contribution in [3.8, 4) is 28.4 Å². The number of halogens is 1. The molecule has 3 aromatic rings. The molecule has 0 bridgehead atoms. The highest BCUT2D eigenvalue weighted by atomic mass is 79.9. The number of ether oxygens (including phenoxy) is 3. The van der Waals surface area contributed by atoms with E-state index in [2.05, 4.69) is 15.9 Å². The summed E-state index contributed by atoms with van der Waals surface area (Å²) in [5.41, 5.74) is 2.12. The first-order valence-electron chi connectivity index (χ1n) is 7.99. The van der Waals surface area contributed by atoms with E-state index < -0.39 is 5.97 Å². The molecule has 0 radical (unpaired) electrons. The van der Waals surface area contributed by atoms with Gasteiger partial charge >= 0.3 is 5.97 Å². The number of methoxy groups -OCH3 is 1. The second-order valence-electron chi connectivity index (χ2n) is 5.42. The van der Waals surface area contributed by atoms with Gasteiger partial charge in [0.1, 0.15) is 5.75 Å². The van der Waals surface area contributed by atoms with Crippen molar-refractivity contribution in [1.82, 2.24) is 0 Å². The summed E-state index contributed by atoms with van der Waals surface area (Å²) >= 11 is 3.45. The van der Waals surface area contributed by atoms with Gasteiger partial charge in [0, 0.05) is 0 Å². The summed E-state index contributed by atoms with van der Waals surface area (Å²) in [6.07, 6.45) is 0. The quantitative estimate of drug-likeness (QED) is 0.416. The van der Waals surface area contributed by atoms with Gasteiger partial charge in [-0.15, -0.1) is 0 Å². The first kappa shape index (κ1) is 18.0. The Hall–Kier alpha value is -2.79. The second kappa shape index (κ2) is 8.54. The topological polar surface area (TPSA) is 44.8 Å². The van der Waals surface area contributed by atoms with Crippen molar-refractivity contribution >= 4 is 21.9 Å². The molecule has 0 amide bonds. The number of hydrogen-bond acceptors (Lipinski definition) is 4. The van der Waals surface area contributed by atoms with E-state index in [0.29, 0.717) is 21.7 Å². The highest BCUT2D eigenvalue weighted by molar-refractivity contribution is 9.10. The Morgan fingerprint density at radius 3 is 2.23 bits per heavy atom. The molecule has 26 heavy (non-hydrogen) atoms. The third-order valence-electron chi connectivity index (χ3n) is 3.68. The lowest BCUT2D eigenvalue weighted by molar-refractivity contribution is -0.136. The zero-order chi connectivity index (χ0) is 18.4. The van der Waals surface area contributed by atoms with Crippen molar-refractivity contribution < 1.29 is 19.0 Å². The molecular weight excluding hydrogens is 396 g/mol. The van der Waals surface area contributed by atoms with E-state index in [1.165, 1.54) is 0 Å². The van der Waals surface area contributed by atoms with E-state index in [0.717, 1.165) is 11.1 Å². The molecule has 4 nitrogen and oxygen atoms in total. The molecule has 0 aliphatic carbocycles. The molecule has 0 saturated heterocycles. The summed E-state index contributed by atoms with van der Waals surface area (Å²) in [6.45, 7) is -0.215. The fourth-order valence-electron chi connectivity index (χ4n) is 2.42. The van der Waals surface area contributed by atoms with Crippen LogP contribution in [0, 0.1) is 0 Å². The summed E-state index contributed by atoms with van der Waals surface area (Å²) in [4.78, 5) is 12.1. The lowest BCUT2D eigenvalue weighted by atomic mass is 10.1. The minimum Gasteiger partial charge on any atom is -0.493 e. The van der Waals surface area contributed by atoms with E-state index >= 15 is 0 Å². The molecule has 0 saturated carbocycles. The van der Waals surface area contributed by atoms with Crippen molar-refractivity contribution in [2.24, 2.45) is 0 Å². The minimum atomic E-state index is -0.496. The van der Waals surface area contributed by atoms with Gasteiger partial charge in [-0.1, -0.05) is 48.5 Å². The number of carbonyl (C=O) groups excluding carboxylic acids is 1. The highest BCUT2D eigenvalue weighted by Gasteiger charge is 2.12. The number of hydrogen-bond donors (Lipinski definition) is 0. The van der Waals surface area contributed by atoms with Gasteiger partial charge in [0.25, 0.3) is 0 Å². The van der Waals surface area contributed by atoms with Gasteiger partial charge in [-0.05, 0) is 51.3 Å². The second-order valence-corrected chi connectivity index (χ2v) is 6.28. The normalized spacial score (nSPS) is 10.2. The molecule has 0 aromatic heterocycles. The van der Waals surface area contributed by atoms with Crippen molar-refractivity contribution in [3.05, 3.63) is 77.3 Å². The summed E-state index contributed by atoms with van der Waals surface area (Å²) in [5.74, 6) is 1.00. The Bertz CT molecular complexity index is 894. The van der Waals surface area contributed by atoms with Gasteiger partial charge in [0.2, 0.25) is 0 Å². The summed E-state index contributed by atoms with van der Waals surface area (Å²) in [5, 5.41) is 0. The van der Waals surface area contributed by atoms with Crippen LogP contribution in [0.4, 0.5) is 0 Å². The molecule has 0 spiro atoms. The van der Waals surface area contributed by atoms with Crippen LogP contribution in [0.2, 0.25) is 0 Å². The van der Waals surface area contributed by atoms with E-state index in [1.807, 2.05) is 54.6 Å². The maximum Gasteiger partial charge on any atom is 0.349 e.